The molecule has 0 aliphatic carbocycles. The molecule has 44 heavy (non-hydrogen) atoms. The minimum Gasteiger partial charge on any atom is -0.423 e. The molecule has 0 radical (unpaired) electrons. The number of rotatable bonds is 8. The van der Waals surface area contributed by atoms with Crippen LogP contribution < -0.4 is 9.64 Å². The molecule has 4 aromatic rings. The summed E-state index contributed by atoms with van der Waals surface area (Å²) in [4.78, 5) is 36.1. The molecule has 0 bridgehead atoms. The molecule has 7 heteroatoms. The molecule has 4 rings (SSSR count). The van der Waals surface area contributed by atoms with Crippen molar-refractivity contribution in [2.75, 3.05) is 11.9 Å². The first-order valence-electron chi connectivity index (χ1n) is 13.4. The number of amides is 1. The second-order valence-electron chi connectivity index (χ2n) is 9.21. The molecule has 0 spiro atoms. The first-order valence-corrected chi connectivity index (χ1v) is 14.3. The molecular weight excluding hydrogens is 570 g/mol. The fourth-order valence-corrected chi connectivity index (χ4v) is 4.57. The van der Waals surface area contributed by atoms with Crippen LogP contribution in [0.4, 0.5) is 5.69 Å². The van der Waals surface area contributed by atoms with E-state index >= 15 is 0 Å². The number of hydrogen-bond acceptors (Lipinski definition) is 6. The normalized spacial score (nSPS) is 10.9. The second-order valence-corrected chi connectivity index (χ2v) is 10.4. The van der Waals surface area contributed by atoms with Gasteiger partial charge in [0.1, 0.15) is 17.5 Å². The Kier molecular flexibility index (Phi) is 11.1. The lowest BCUT2D eigenvalue weighted by Gasteiger charge is -2.14. The van der Waals surface area contributed by atoms with E-state index in [1.165, 1.54) is 28.8 Å². The average Bonchev–Trinajstić information content (AvgIpc) is 3.06. The van der Waals surface area contributed by atoms with Gasteiger partial charge in [-0.2, -0.15) is 0 Å². The lowest BCUT2D eigenvalue weighted by Crippen LogP contribution is -2.23. The number of ether oxygens (including phenoxy) is 1. The van der Waals surface area contributed by atoms with Crippen LogP contribution >= 0.6 is 11.8 Å². The summed E-state index contributed by atoms with van der Waals surface area (Å²) in [5, 5.41) is 10.6. The maximum absolute atomic E-state index is 12.0. The van der Waals surface area contributed by atoms with Gasteiger partial charge in [-0.25, -0.2) is 4.79 Å². The number of benzene rings is 4. The van der Waals surface area contributed by atoms with E-state index in [4.69, 9.17) is 4.74 Å². The zero-order valence-electron chi connectivity index (χ0n) is 23.8. The summed E-state index contributed by atoms with van der Waals surface area (Å²) in [5.41, 5.74) is 3.95. The Morgan fingerprint density at radius 1 is 0.795 bits per heavy atom. The van der Waals surface area contributed by atoms with E-state index in [9.17, 15) is 19.5 Å². The highest BCUT2D eigenvalue weighted by atomic mass is 32.2. The average molecular weight is 598 g/mol. The van der Waals surface area contributed by atoms with E-state index < -0.39 is 11.4 Å². The van der Waals surface area contributed by atoms with Crippen LogP contribution in [0.1, 0.15) is 33.3 Å². The van der Waals surface area contributed by atoms with Crippen LogP contribution in [0.2, 0.25) is 0 Å². The summed E-state index contributed by atoms with van der Waals surface area (Å²) in [5.74, 6) is 12.1. The van der Waals surface area contributed by atoms with Crippen molar-refractivity contribution in [3.05, 3.63) is 150 Å². The Labute approximate surface area is 260 Å². The number of aliphatic hydroxyl groups is 1. The fourth-order valence-electron chi connectivity index (χ4n) is 3.73. The summed E-state index contributed by atoms with van der Waals surface area (Å²) in [7, 11) is 1.64. The van der Waals surface area contributed by atoms with Gasteiger partial charge in [-0.15, -0.1) is 0 Å². The van der Waals surface area contributed by atoms with Crippen molar-refractivity contribution in [3.63, 3.8) is 0 Å². The van der Waals surface area contributed by atoms with Gasteiger partial charge >= 0.3 is 5.97 Å². The molecule has 0 saturated carbocycles. The highest BCUT2D eigenvalue weighted by Crippen LogP contribution is 2.33. The number of aldehydes is 1. The molecule has 0 heterocycles. The van der Waals surface area contributed by atoms with Crippen molar-refractivity contribution in [1.82, 2.24) is 0 Å². The van der Waals surface area contributed by atoms with Gasteiger partial charge < -0.3 is 14.7 Å². The third kappa shape index (κ3) is 9.20. The molecule has 0 fully saturated rings. The van der Waals surface area contributed by atoms with Crippen molar-refractivity contribution in [2.24, 2.45) is 0 Å². The van der Waals surface area contributed by atoms with E-state index in [1.54, 1.807) is 43.4 Å². The van der Waals surface area contributed by atoms with Gasteiger partial charge in [0.05, 0.1) is 0 Å². The Bertz CT molecular complexity index is 1790. The first-order chi connectivity index (χ1) is 21.3. The number of thioether (sulfide) groups is 1. The van der Waals surface area contributed by atoms with Crippen LogP contribution in [0.15, 0.2) is 127 Å². The number of allylic oxidation sites excluding steroid dienone is 1. The number of anilines is 1. The SMILES string of the molecule is C=CC(=O)Oc1ccc(C(O)Sc2ccc(C#Cc3ccc(C#Cc4ccc(N(C)C(=O)/C=C\C=O)cc4)cc3)cc2)cc1. The molecule has 0 aliphatic heterocycles. The van der Waals surface area contributed by atoms with Gasteiger partial charge in [-0.3, -0.25) is 9.59 Å². The molecule has 4 aromatic carbocycles. The molecule has 1 atom stereocenters. The van der Waals surface area contributed by atoms with E-state index in [0.717, 1.165) is 33.2 Å². The van der Waals surface area contributed by atoms with Crippen LogP contribution in [0, 0.1) is 23.7 Å². The van der Waals surface area contributed by atoms with Crippen molar-refractivity contribution >= 4 is 35.6 Å². The summed E-state index contributed by atoms with van der Waals surface area (Å²) in [6.07, 6.45) is 4.04. The van der Waals surface area contributed by atoms with Gasteiger partial charge in [-0.05, 0) is 96.6 Å². The van der Waals surface area contributed by atoms with Crippen LogP contribution in [0.5, 0.6) is 5.75 Å². The number of carbonyl (C=O) groups excluding carboxylic acids is 3. The van der Waals surface area contributed by atoms with Crippen LogP contribution in [-0.4, -0.2) is 30.3 Å². The maximum Gasteiger partial charge on any atom is 0.335 e. The zero-order valence-corrected chi connectivity index (χ0v) is 24.6. The minimum atomic E-state index is -0.785. The molecule has 0 aliphatic rings. The summed E-state index contributed by atoms with van der Waals surface area (Å²) in [6, 6.07) is 29.2. The summed E-state index contributed by atoms with van der Waals surface area (Å²) < 4.78 is 5.06. The molecule has 1 unspecified atom stereocenters. The fraction of sp³-hybridized carbons (Fsp3) is 0.0541. The predicted octanol–water partition coefficient (Wildman–Crippen LogP) is 6.08. The number of esters is 1. The topological polar surface area (TPSA) is 83.9 Å². The van der Waals surface area contributed by atoms with Crippen molar-refractivity contribution in [3.8, 4) is 29.4 Å². The minimum absolute atomic E-state index is 0.291. The van der Waals surface area contributed by atoms with E-state index in [2.05, 4.69) is 30.3 Å². The number of carbonyl (C=O) groups is 3. The van der Waals surface area contributed by atoms with Gasteiger partial charge in [0, 0.05) is 52.0 Å². The largest absolute Gasteiger partial charge is 0.423 e. The lowest BCUT2D eigenvalue weighted by atomic mass is 10.1. The molecule has 1 N–H and O–H groups in total. The number of likely N-dealkylation sites (N-methyl/N-ethyl adjacent to an activating group) is 1. The number of nitrogens with zero attached hydrogens (tertiary/aromatic N) is 1. The summed E-state index contributed by atoms with van der Waals surface area (Å²) in [6.45, 7) is 3.37. The van der Waals surface area contributed by atoms with Crippen LogP contribution in [-0.2, 0) is 14.4 Å². The van der Waals surface area contributed by atoms with Crippen LogP contribution in [0.25, 0.3) is 0 Å². The lowest BCUT2D eigenvalue weighted by molar-refractivity contribution is -0.129. The third-order valence-electron chi connectivity index (χ3n) is 6.14. The Morgan fingerprint density at radius 2 is 1.27 bits per heavy atom. The molecule has 216 valence electrons. The van der Waals surface area contributed by atoms with E-state index in [-0.39, 0.29) is 5.91 Å². The Balaban J connectivity index is 1.31. The van der Waals surface area contributed by atoms with Crippen molar-refractivity contribution < 1.29 is 24.2 Å². The first kappa shape index (κ1) is 31.3. The van der Waals surface area contributed by atoms with Gasteiger partial charge in [0.25, 0.3) is 5.91 Å². The zero-order chi connectivity index (χ0) is 31.3. The number of aliphatic hydroxyl groups excluding tert-OH is 1. The van der Waals surface area contributed by atoms with E-state index in [0.29, 0.717) is 23.3 Å². The van der Waals surface area contributed by atoms with Crippen LogP contribution in [0.3, 0.4) is 0 Å². The maximum atomic E-state index is 12.0. The standard InChI is InChI=1S/C37H27NO5S/c1-3-36(41)43-33-22-18-31(19-23-33)37(42)44-34-24-16-30(17-25-34)13-11-28-8-6-27(7-9-28)10-12-29-14-20-32(21-15-29)38(2)35(40)5-4-26-39/h3-9,14-26,37,42H,1H2,2H3/b5-4-. The second kappa shape index (κ2) is 15.6. The predicted molar refractivity (Wildman–Crippen MR) is 173 cm³/mol. The highest BCUT2D eigenvalue weighted by molar-refractivity contribution is 7.99. The van der Waals surface area contributed by atoms with E-state index in [1.807, 2.05) is 60.7 Å². The van der Waals surface area contributed by atoms with Crippen molar-refractivity contribution in [2.45, 2.75) is 10.3 Å². The molecule has 0 saturated heterocycles. The Hall–Kier alpha value is -5.60. The van der Waals surface area contributed by atoms with Gasteiger partial charge in [0.15, 0.2) is 0 Å². The summed E-state index contributed by atoms with van der Waals surface area (Å²) >= 11 is 1.30. The quantitative estimate of drug-likeness (QED) is 0.0504. The number of hydrogen-bond donors (Lipinski definition) is 1. The molecular formula is C37H27NO5S. The Morgan fingerprint density at radius 3 is 1.75 bits per heavy atom. The molecule has 1 amide bonds. The molecule has 6 nitrogen and oxygen atoms in total. The van der Waals surface area contributed by atoms with Crippen molar-refractivity contribution in [1.29, 1.82) is 0 Å². The molecule has 0 aromatic heterocycles. The van der Waals surface area contributed by atoms with Gasteiger partial charge in [-0.1, -0.05) is 54.2 Å². The van der Waals surface area contributed by atoms with Gasteiger partial charge in [0.2, 0.25) is 0 Å². The monoisotopic (exact) mass is 597 g/mol. The third-order valence-corrected chi connectivity index (χ3v) is 7.18. The smallest absolute Gasteiger partial charge is 0.335 e. The highest BCUT2D eigenvalue weighted by Gasteiger charge is 2.10.